The van der Waals surface area contributed by atoms with Crippen molar-refractivity contribution in [3.8, 4) is 11.5 Å². The van der Waals surface area contributed by atoms with Crippen LogP contribution in [0, 0.1) is 0 Å². The third-order valence-electron chi connectivity index (χ3n) is 5.16. The van der Waals surface area contributed by atoms with Crippen LogP contribution in [0.3, 0.4) is 0 Å². The predicted molar refractivity (Wildman–Crippen MR) is 137 cm³/mol. The van der Waals surface area contributed by atoms with Crippen molar-refractivity contribution in [3.63, 3.8) is 0 Å². The number of nitrogens with zero attached hydrogens (tertiary/aromatic N) is 3. The Morgan fingerprint density at radius 3 is 2.42 bits per heavy atom. The summed E-state index contributed by atoms with van der Waals surface area (Å²) in [5.41, 5.74) is 2.28. The first-order chi connectivity index (χ1) is 14.7. The molecule has 7 nitrogen and oxygen atoms in total. The molecule has 31 heavy (non-hydrogen) atoms. The number of rotatable bonds is 9. The Kier molecular flexibility index (Phi) is 10.7. The van der Waals surface area contributed by atoms with Crippen molar-refractivity contribution in [2.75, 3.05) is 45.3 Å². The molecule has 2 aromatic rings. The van der Waals surface area contributed by atoms with Gasteiger partial charge in [0.2, 0.25) is 0 Å². The molecule has 8 heteroatoms. The smallest absolute Gasteiger partial charge is 0.191 e. The Hall–Kier alpha value is -2.23. The van der Waals surface area contributed by atoms with Gasteiger partial charge in [0.15, 0.2) is 17.5 Å². The number of pyridine rings is 1. The number of anilines is 1. The van der Waals surface area contributed by atoms with Gasteiger partial charge in [-0.2, -0.15) is 0 Å². The van der Waals surface area contributed by atoms with Gasteiger partial charge in [-0.15, -0.1) is 24.0 Å². The summed E-state index contributed by atoms with van der Waals surface area (Å²) in [5.74, 6) is 3.37. The van der Waals surface area contributed by atoms with Crippen LogP contribution in [0.2, 0.25) is 0 Å². The molecule has 0 amide bonds. The zero-order valence-corrected chi connectivity index (χ0v) is 21.0. The normalized spacial score (nSPS) is 13.5. The summed E-state index contributed by atoms with van der Waals surface area (Å²) in [6, 6.07) is 10.2. The highest BCUT2D eigenvalue weighted by atomic mass is 127. The molecule has 1 aliphatic rings. The number of guanidine groups is 1. The van der Waals surface area contributed by atoms with E-state index in [1.165, 1.54) is 18.4 Å². The first kappa shape index (κ1) is 25.0. The van der Waals surface area contributed by atoms with Crippen molar-refractivity contribution >= 4 is 35.8 Å². The second-order valence-electron chi connectivity index (χ2n) is 7.28. The molecule has 0 radical (unpaired) electrons. The second-order valence-corrected chi connectivity index (χ2v) is 7.28. The standard InChI is InChI=1S/C23H33N5O2.HI/c1-4-24-23(25-12-11-18-7-9-20(29-2)21(15-18)30-3)27-17-19-8-10-22(26-16-19)28-13-5-6-14-28;/h7-10,15-16H,4-6,11-14,17H2,1-3H3,(H2,24,25,27);1H. The number of aromatic nitrogens is 1. The third-order valence-corrected chi connectivity index (χ3v) is 5.16. The molecule has 0 aliphatic carbocycles. The van der Waals surface area contributed by atoms with E-state index in [0.29, 0.717) is 6.54 Å². The molecule has 2 N–H and O–H groups in total. The molecule has 1 aromatic heterocycles. The molecule has 0 saturated carbocycles. The van der Waals surface area contributed by atoms with Gasteiger partial charge in [0.25, 0.3) is 0 Å². The van der Waals surface area contributed by atoms with Gasteiger partial charge < -0.3 is 25.0 Å². The van der Waals surface area contributed by atoms with Gasteiger partial charge in [0.1, 0.15) is 5.82 Å². The molecule has 170 valence electrons. The minimum absolute atomic E-state index is 0. The highest BCUT2D eigenvalue weighted by molar-refractivity contribution is 14.0. The number of aliphatic imine (C=N–C) groups is 1. The van der Waals surface area contributed by atoms with Crippen LogP contribution in [0.15, 0.2) is 41.5 Å². The van der Waals surface area contributed by atoms with Crippen LogP contribution in [0.5, 0.6) is 11.5 Å². The quantitative estimate of drug-likeness (QED) is 0.288. The summed E-state index contributed by atoms with van der Waals surface area (Å²) < 4.78 is 10.7. The zero-order chi connectivity index (χ0) is 21.2. The molecule has 0 spiro atoms. The van der Waals surface area contributed by atoms with E-state index >= 15 is 0 Å². The van der Waals surface area contributed by atoms with Crippen LogP contribution < -0.4 is 25.0 Å². The van der Waals surface area contributed by atoms with Gasteiger partial charge in [-0.25, -0.2) is 9.98 Å². The third kappa shape index (κ3) is 7.45. The van der Waals surface area contributed by atoms with E-state index in [4.69, 9.17) is 14.5 Å². The second kappa shape index (κ2) is 13.2. The van der Waals surface area contributed by atoms with Gasteiger partial charge in [-0.05, 0) is 55.5 Å². The van der Waals surface area contributed by atoms with E-state index in [1.807, 2.05) is 18.3 Å². The van der Waals surface area contributed by atoms with Crippen molar-refractivity contribution in [3.05, 3.63) is 47.7 Å². The van der Waals surface area contributed by atoms with Crippen LogP contribution in [0.4, 0.5) is 5.82 Å². The molecule has 3 rings (SSSR count). The van der Waals surface area contributed by atoms with Crippen LogP contribution in [-0.2, 0) is 13.0 Å². The minimum atomic E-state index is 0. The molecular weight excluding hydrogens is 505 g/mol. The van der Waals surface area contributed by atoms with E-state index in [9.17, 15) is 0 Å². The van der Waals surface area contributed by atoms with Crippen LogP contribution in [0.1, 0.15) is 30.9 Å². The first-order valence-electron chi connectivity index (χ1n) is 10.7. The highest BCUT2D eigenvalue weighted by Crippen LogP contribution is 2.27. The molecule has 1 aromatic carbocycles. The average molecular weight is 539 g/mol. The summed E-state index contributed by atoms with van der Waals surface area (Å²) in [6.45, 7) is 6.47. The molecule has 0 bridgehead atoms. The minimum Gasteiger partial charge on any atom is -0.493 e. The summed E-state index contributed by atoms with van der Waals surface area (Å²) in [5, 5.41) is 6.70. The summed E-state index contributed by atoms with van der Waals surface area (Å²) in [6.07, 6.45) is 5.31. The molecule has 2 heterocycles. The molecular formula is C23H34IN5O2. The Bertz CT molecular complexity index is 823. The Morgan fingerprint density at radius 1 is 1.03 bits per heavy atom. The summed E-state index contributed by atoms with van der Waals surface area (Å²) in [4.78, 5) is 11.7. The lowest BCUT2D eigenvalue weighted by atomic mass is 10.1. The van der Waals surface area contributed by atoms with Gasteiger partial charge >= 0.3 is 0 Å². The van der Waals surface area contributed by atoms with Crippen molar-refractivity contribution in [1.29, 1.82) is 0 Å². The fraction of sp³-hybridized carbons (Fsp3) is 0.478. The zero-order valence-electron chi connectivity index (χ0n) is 18.7. The molecule has 0 atom stereocenters. The lowest BCUT2D eigenvalue weighted by Crippen LogP contribution is -2.38. The average Bonchev–Trinajstić information content (AvgIpc) is 3.32. The molecule has 1 aliphatic heterocycles. The van der Waals surface area contributed by atoms with E-state index in [-0.39, 0.29) is 24.0 Å². The molecule has 1 saturated heterocycles. The van der Waals surface area contributed by atoms with E-state index in [1.54, 1.807) is 14.2 Å². The lowest BCUT2D eigenvalue weighted by molar-refractivity contribution is 0.354. The Labute approximate surface area is 202 Å². The van der Waals surface area contributed by atoms with Crippen LogP contribution in [0.25, 0.3) is 0 Å². The van der Waals surface area contributed by atoms with E-state index in [0.717, 1.165) is 61.4 Å². The Balaban J connectivity index is 0.00000341. The van der Waals surface area contributed by atoms with Crippen molar-refractivity contribution < 1.29 is 9.47 Å². The monoisotopic (exact) mass is 539 g/mol. The number of ether oxygens (including phenoxy) is 2. The van der Waals surface area contributed by atoms with Gasteiger partial charge in [0.05, 0.1) is 20.8 Å². The summed E-state index contributed by atoms with van der Waals surface area (Å²) >= 11 is 0. The van der Waals surface area contributed by atoms with Gasteiger partial charge in [-0.3, -0.25) is 0 Å². The fourth-order valence-electron chi connectivity index (χ4n) is 3.52. The van der Waals surface area contributed by atoms with Crippen LogP contribution in [-0.4, -0.2) is 51.3 Å². The summed E-state index contributed by atoms with van der Waals surface area (Å²) in [7, 11) is 3.30. The fourth-order valence-corrected chi connectivity index (χ4v) is 3.52. The first-order valence-corrected chi connectivity index (χ1v) is 10.7. The van der Waals surface area contributed by atoms with Gasteiger partial charge in [-0.1, -0.05) is 12.1 Å². The largest absolute Gasteiger partial charge is 0.493 e. The molecule has 0 unspecified atom stereocenters. The van der Waals surface area contributed by atoms with E-state index in [2.05, 4.69) is 45.6 Å². The van der Waals surface area contributed by atoms with Crippen molar-refractivity contribution in [2.45, 2.75) is 32.7 Å². The SMILES string of the molecule is CCNC(=NCc1ccc(N2CCCC2)nc1)NCCc1ccc(OC)c(OC)c1.I. The number of methoxy groups -OCH3 is 2. The lowest BCUT2D eigenvalue weighted by Gasteiger charge is -2.16. The number of hydrogen-bond acceptors (Lipinski definition) is 5. The number of benzene rings is 1. The number of halogens is 1. The maximum atomic E-state index is 5.38. The topological polar surface area (TPSA) is 71.0 Å². The highest BCUT2D eigenvalue weighted by Gasteiger charge is 2.13. The molecule has 1 fully saturated rings. The Morgan fingerprint density at radius 2 is 1.77 bits per heavy atom. The van der Waals surface area contributed by atoms with Crippen LogP contribution >= 0.6 is 24.0 Å². The maximum absolute atomic E-state index is 5.38. The number of nitrogens with one attached hydrogen (secondary N) is 2. The predicted octanol–water partition coefficient (Wildman–Crippen LogP) is 3.61. The maximum Gasteiger partial charge on any atom is 0.191 e. The van der Waals surface area contributed by atoms with Crippen molar-refractivity contribution in [2.24, 2.45) is 4.99 Å². The van der Waals surface area contributed by atoms with E-state index < -0.39 is 0 Å². The number of hydrogen-bond donors (Lipinski definition) is 2. The van der Waals surface area contributed by atoms with Crippen molar-refractivity contribution in [1.82, 2.24) is 15.6 Å². The van der Waals surface area contributed by atoms with Gasteiger partial charge in [0, 0.05) is 32.4 Å².